The molecule has 0 rings (SSSR count). The first kappa shape index (κ1) is 33.8. The van der Waals surface area contributed by atoms with Gasteiger partial charge in [-0.3, -0.25) is 20.4 Å². The Morgan fingerprint density at radius 2 is 1.42 bits per heavy atom. The first-order valence-corrected chi connectivity index (χ1v) is 14.3. The summed E-state index contributed by atoms with van der Waals surface area (Å²) < 4.78 is 0. The van der Waals surface area contributed by atoms with Crippen molar-refractivity contribution in [1.82, 2.24) is 10.6 Å². The van der Waals surface area contributed by atoms with Crippen molar-refractivity contribution in [3.8, 4) is 0 Å². The highest BCUT2D eigenvalue weighted by molar-refractivity contribution is 8.26. The number of carbonyl (C=O) groups excluding carboxylic acids is 2. The maximum atomic E-state index is 12.2. The Morgan fingerprint density at radius 1 is 0.861 bits per heavy atom. The molecular weight excluding hydrogens is 509 g/mol. The number of amidine groups is 1. The molecule has 0 aliphatic heterocycles. The molecule has 0 atom stereocenters. The molecule has 0 aliphatic carbocycles. The lowest BCUT2D eigenvalue weighted by molar-refractivity contribution is -0.120. The van der Waals surface area contributed by atoms with Crippen molar-refractivity contribution < 1.29 is 9.59 Å². The van der Waals surface area contributed by atoms with Crippen LogP contribution in [-0.2, 0) is 9.59 Å². The van der Waals surface area contributed by atoms with Gasteiger partial charge in [0.15, 0.2) is 5.17 Å². The van der Waals surface area contributed by atoms with Crippen LogP contribution in [0.15, 0.2) is 70.2 Å². The smallest absolute Gasteiger partial charge is 0.230 e. The van der Waals surface area contributed by atoms with Crippen LogP contribution in [0.4, 0.5) is 0 Å². The van der Waals surface area contributed by atoms with Gasteiger partial charge >= 0.3 is 0 Å². The number of carbonyl (C=O) groups is 2. The molecule has 198 valence electrons. The summed E-state index contributed by atoms with van der Waals surface area (Å²) in [4.78, 5) is 25.2. The fourth-order valence-electron chi connectivity index (χ4n) is 2.68. The molecule has 0 saturated carbocycles. The van der Waals surface area contributed by atoms with Crippen molar-refractivity contribution in [1.29, 1.82) is 10.8 Å². The van der Waals surface area contributed by atoms with E-state index in [1.807, 2.05) is 46.8 Å². The van der Waals surface area contributed by atoms with Crippen LogP contribution in [0.1, 0.15) is 60.3 Å². The number of hydrogen-bond acceptors (Lipinski definition) is 7. The monoisotopic (exact) mass is 548 g/mol. The molecule has 36 heavy (non-hydrogen) atoms. The van der Waals surface area contributed by atoms with Crippen molar-refractivity contribution >= 4 is 57.3 Å². The molecule has 0 unspecified atom stereocenters. The molecule has 0 aromatic rings. The summed E-state index contributed by atoms with van der Waals surface area (Å²) in [5.74, 6) is 1.18. The zero-order valence-corrected chi connectivity index (χ0v) is 24.6. The van der Waals surface area contributed by atoms with E-state index >= 15 is 0 Å². The average Bonchev–Trinajstić information content (AvgIpc) is 2.76. The van der Waals surface area contributed by atoms with E-state index in [1.165, 1.54) is 11.8 Å². The first-order valence-electron chi connectivity index (χ1n) is 11.5. The lowest BCUT2D eigenvalue weighted by atomic mass is 10.1. The van der Waals surface area contributed by atoms with Crippen LogP contribution in [0, 0.1) is 10.8 Å². The summed E-state index contributed by atoms with van der Waals surface area (Å²) in [6, 6.07) is 0. The first-order chi connectivity index (χ1) is 16.9. The second kappa shape index (κ2) is 19.0. The Balaban J connectivity index is 4.17. The highest BCUT2D eigenvalue weighted by atomic mass is 32.2. The van der Waals surface area contributed by atoms with Crippen LogP contribution < -0.4 is 10.6 Å². The van der Waals surface area contributed by atoms with Gasteiger partial charge < -0.3 is 10.6 Å². The summed E-state index contributed by atoms with van der Waals surface area (Å²) in [6.45, 7) is 21.4. The van der Waals surface area contributed by atoms with Gasteiger partial charge in [0.2, 0.25) is 11.8 Å². The van der Waals surface area contributed by atoms with Crippen LogP contribution in [0.2, 0.25) is 0 Å². The van der Waals surface area contributed by atoms with E-state index in [4.69, 9.17) is 10.8 Å². The molecule has 6 nitrogen and oxygen atoms in total. The zero-order chi connectivity index (χ0) is 27.7. The van der Waals surface area contributed by atoms with Crippen molar-refractivity contribution in [2.45, 2.75) is 60.3 Å². The number of amides is 2. The van der Waals surface area contributed by atoms with Crippen molar-refractivity contribution in [2.24, 2.45) is 0 Å². The second-order valence-corrected chi connectivity index (χ2v) is 11.8. The fraction of sp³-hybridized carbons (Fsp3) is 0.407. The van der Waals surface area contributed by atoms with E-state index in [0.717, 1.165) is 56.9 Å². The van der Waals surface area contributed by atoms with Crippen LogP contribution in [0.25, 0.3) is 0 Å². The number of hydrogen-bond donors (Lipinski definition) is 4. The molecular formula is C27H40N4O2S3. The molecule has 0 fully saturated rings. The summed E-state index contributed by atoms with van der Waals surface area (Å²) in [5.41, 5.74) is 3.95. The van der Waals surface area contributed by atoms with Gasteiger partial charge in [0, 0.05) is 6.42 Å². The van der Waals surface area contributed by atoms with Crippen LogP contribution in [0.3, 0.4) is 0 Å². The third kappa shape index (κ3) is 16.4. The third-order valence-electron chi connectivity index (χ3n) is 4.62. The Hall–Kier alpha value is -2.23. The molecule has 0 aromatic heterocycles. The SMILES string of the molecule is C=CC(CC(=O)NC(=C)SC(=C)CCSCCC(=N)SC(=N)NC(=O)CC(/C=C\C)=C(C)C)=C(C)C. The summed E-state index contributed by atoms with van der Waals surface area (Å²) in [5, 5.41) is 22.2. The molecule has 0 bridgehead atoms. The van der Waals surface area contributed by atoms with Gasteiger partial charge in [-0.1, -0.05) is 60.9 Å². The molecule has 0 heterocycles. The van der Waals surface area contributed by atoms with Gasteiger partial charge in [-0.25, -0.2) is 0 Å². The normalized spacial score (nSPS) is 10.4. The maximum absolute atomic E-state index is 12.2. The summed E-state index contributed by atoms with van der Waals surface area (Å²) in [6.07, 6.45) is 7.23. The third-order valence-corrected chi connectivity index (χ3v) is 7.21. The quantitative estimate of drug-likeness (QED) is 0.0743. The second-order valence-electron chi connectivity index (χ2n) is 8.24. The van der Waals surface area contributed by atoms with Gasteiger partial charge in [-0.2, -0.15) is 11.8 Å². The van der Waals surface area contributed by atoms with Gasteiger partial charge in [0.05, 0.1) is 22.9 Å². The number of allylic oxidation sites excluding steroid dienone is 6. The zero-order valence-electron chi connectivity index (χ0n) is 22.1. The van der Waals surface area contributed by atoms with E-state index in [-0.39, 0.29) is 29.8 Å². The molecule has 9 heteroatoms. The van der Waals surface area contributed by atoms with Gasteiger partial charge in [0.25, 0.3) is 0 Å². The Morgan fingerprint density at radius 3 is 1.97 bits per heavy atom. The Kier molecular flexibility index (Phi) is 17.8. The fourth-order valence-corrected chi connectivity index (χ4v) is 5.21. The van der Waals surface area contributed by atoms with Crippen molar-refractivity contribution in [3.63, 3.8) is 0 Å². The lowest BCUT2D eigenvalue weighted by Gasteiger charge is -2.11. The Bertz CT molecular complexity index is 954. The minimum atomic E-state index is -0.254. The summed E-state index contributed by atoms with van der Waals surface area (Å²) >= 11 is 4.02. The van der Waals surface area contributed by atoms with Gasteiger partial charge in [-0.15, -0.1) is 0 Å². The lowest BCUT2D eigenvalue weighted by Crippen LogP contribution is -2.28. The maximum Gasteiger partial charge on any atom is 0.230 e. The molecule has 0 aromatic carbocycles. The van der Waals surface area contributed by atoms with E-state index in [2.05, 4.69) is 30.4 Å². The average molecular weight is 549 g/mol. The molecule has 0 spiro atoms. The van der Waals surface area contributed by atoms with E-state index in [1.54, 1.807) is 17.8 Å². The molecule has 0 aliphatic rings. The molecule has 0 radical (unpaired) electrons. The molecule has 2 amide bonds. The molecule has 0 saturated heterocycles. The highest BCUT2D eigenvalue weighted by Crippen LogP contribution is 2.25. The van der Waals surface area contributed by atoms with E-state index < -0.39 is 0 Å². The number of rotatable bonds is 15. The number of thioether (sulfide) groups is 3. The minimum Gasteiger partial charge on any atom is -0.321 e. The predicted octanol–water partition coefficient (Wildman–Crippen LogP) is 7.31. The minimum absolute atomic E-state index is 0.0290. The van der Waals surface area contributed by atoms with Crippen LogP contribution in [-0.4, -0.2) is 33.5 Å². The topological polar surface area (TPSA) is 106 Å². The largest absolute Gasteiger partial charge is 0.321 e. The summed E-state index contributed by atoms with van der Waals surface area (Å²) in [7, 11) is 0. The van der Waals surface area contributed by atoms with E-state index in [9.17, 15) is 9.59 Å². The number of nitrogens with one attached hydrogen (secondary N) is 4. The van der Waals surface area contributed by atoms with Crippen LogP contribution in [0.5, 0.6) is 0 Å². The van der Waals surface area contributed by atoms with E-state index in [0.29, 0.717) is 16.5 Å². The van der Waals surface area contributed by atoms with Gasteiger partial charge in [0.1, 0.15) is 0 Å². The highest BCUT2D eigenvalue weighted by Gasteiger charge is 2.11. The van der Waals surface area contributed by atoms with Crippen LogP contribution >= 0.6 is 35.3 Å². The Labute approximate surface area is 229 Å². The van der Waals surface area contributed by atoms with Gasteiger partial charge in [-0.05, 0) is 80.4 Å². The molecule has 4 N–H and O–H groups in total. The van der Waals surface area contributed by atoms with Crippen molar-refractivity contribution in [2.75, 3.05) is 11.5 Å². The predicted molar refractivity (Wildman–Crippen MR) is 163 cm³/mol. The standard InChI is InChI=1S/C27H40N4O2S3/c1-9-11-23(19(5)6)17-26(33)31-27(29)36-24(28)13-15-34-14-12-20(7)35-21(8)30-25(32)16-22(10-2)18(3)4/h9-11,28H,2,7-8,12-17H2,1,3-6H3,(H,30,32)(H2,29,31,33)/b11-9-,28-24?. The van der Waals surface area contributed by atoms with Crippen molar-refractivity contribution in [3.05, 3.63) is 70.2 Å².